The van der Waals surface area contributed by atoms with Crippen molar-refractivity contribution in [2.75, 3.05) is 26.9 Å². The summed E-state index contributed by atoms with van der Waals surface area (Å²) in [5, 5.41) is 4.79. The van der Waals surface area contributed by atoms with Gasteiger partial charge in [0.25, 0.3) is 0 Å². The summed E-state index contributed by atoms with van der Waals surface area (Å²) < 4.78 is 12.7. The zero-order chi connectivity index (χ0) is 15.7. The monoisotopic (exact) mass is 316 g/mol. The molecule has 1 rings (SSSR count). The Morgan fingerprint density at radius 3 is 2.48 bits per heavy atom. The fourth-order valence-corrected chi connectivity index (χ4v) is 2.76. The maximum absolute atomic E-state index is 6.49. The second-order valence-electron chi connectivity index (χ2n) is 5.07. The highest BCUT2D eigenvalue weighted by Crippen LogP contribution is 2.31. The van der Waals surface area contributed by atoms with Crippen LogP contribution in [0.5, 0.6) is 0 Å². The molecule has 0 bridgehead atoms. The summed E-state index contributed by atoms with van der Waals surface area (Å²) in [6, 6.07) is 0. The Hall–Kier alpha value is -0.580. The third-order valence-corrected chi connectivity index (χ3v) is 4.13. The van der Waals surface area contributed by atoms with Gasteiger partial charge in [-0.15, -0.1) is 11.6 Å². The molecule has 1 aromatic rings. The molecule has 122 valence electrons. The standard InChI is InChI=1S/C16H29ClN2O2/c1-5-13(17)16-14(6-2)18-19(15(16)7-3)9-12-21-11-8-10-20-4/h13H,5-12H2,1-4H3. The van der Waals surface area contributed by atoms with Crippen LogP contribution in [0.1, 0.15) is 55.9 Å². The zero-order valence-corrected chi connectivity index (χ0v) is 14.6. The second kappa shape index (κ2) is 10.2. The van der Waals surface area contributed by atoms with Crippen molar-refractivity contribution >= 4 is 11.6 Å². The van der Waals surface area contributed by atoms with Gasteiger partial charge in [-0.2, -0.15) is 5.10 Å². The van der Waals surface area contributed by atoms with E-state index in [0.29, 0.717) is 6.61 Å². The number of alkyl halides is 1. The fourth-order valence-electron chi connectivity index (χ4n) is 2.51. The molecule has 0 N–H and O–H groups in total. The maximum Gasteiger partial charge on any atom is 0.0671 e. The van der Waals surface area contributed by atoms with Crippen LogP contribution in [-0.4, -0.2) is 36.7 Å². The fraction of sp³-hybridized carbons (Fsp3) is 0.812. The van der Waals surface area contributed by atoms with Gasteiger partial charge in [0, 0.05) is 31.6 Å². The van der Waals surface area contributed by atoms with Crippen LogP contribution in [0.2, 0.25) is 0 Å². The average Bonchev–Trinajstić information content (AvgIpc) is 2.87. The molecular weight excluding hydrogens is 288 g/mol. The molecule has 0 aliphatic carbocycles. The van der Waals surface area contributed by atoms with E-state index in [-0.39, 0.29) is 5.38 Å². The molecule has 5 heteroatoms. The lowest BCUT2D eigenvalue weighted by molar-refractivity contribution is 0.0956. The van der Waals surface area contributed by atoms with E-state index in [2.05, 4.69) is 25.5 Å². The molecule has 1 aromatic heterocycles. The number of rotatable bonds is 11. The van der Waals surface area contributed by atoms with Crippen molar-refractivity contribution < 1.29 is 9.47 Å². The van der Waals surface area contributed by atoms with Gasteiger partial charge in [0.1, 0.15) is 0 Å². The van der Waals surface area contributed by atoms with E-state index in [0.717, 1.165) is 51.1 Å². The summed E-state index contributed by atoms with van der Waals surface area (Å²) in [5.41, 5.74) is 3.63. The summed E-state index contributed by atoms with van der Waals surface area (Å²) in [6.45, 7) is 9.36. The average molecular weight is 317 g/mol. The molecule has 0 saturated carbocycles. The lowest BCUT2D eigenvalue weighted by atomic mass is 10.0. The number of nitrogens with zero attached hydrogens (tertiary/aromatic N) is 2. The molecule has 1 atom stereocenters. The van der Waals surface area contributed by atoms with Crippen molar-refractivity contribution in [3.63, 3.8) is 0 Å². The van der Waals surface area contributed by atoms with Gasteiger partial charge in [-0.25, -0.2) is 0 Å². The predicted molar refractivity (Wildman–Crippen MR) is 87.2 cm³/mol. The molecule has 21 heavy (non-hydrogen) atoms. The largest absolute Gasteiger partial charge is 0.385 e. The highest BCUT2D eigenvalue weighted by atomic mass is 35.5. The third kappa shape index (κ3) is 5.28. The first-order valence-electron chi connectivity index (χ1n) is 7.98. The van der Waals surface area contributed by atoms with Crippen LogP contribution in [0, 0.1) is 0 Å². The number of ether oxygens (including phenoxy) is 2. The quantitative estimate of drug-likeness (QED) is 0.461. The van der Waals surface area contributed by atoms with Crippen LogP contribution in [0.25, 0.3) is 0 Å². The summed E-state index contributed by atoms with van der Waals surface area (Å²) in [6.07, 6.45) is 3.74. The Kier molecular flexibility index (Phi) is 8.97. The minimum absolute atomic E-state index is 0.0614. The zero-order valence-electron chi connectivity index (χ0n) is 13.8. The van der Waals surface area contributed by atoms with Crippen LogP contribution in [-0.2, 0) is 28.9 Å². The van der Waals surface area contributed by atoms with E-state index >= 15 is 0 Å². The SMILES string of the molecule is CCc1nn(CCOCCCOC)c(CC)c1C(Cl)CC. The molecule has 4 nitrogen and oxygen atoms in total. The van der Waals surface area contributed by atoms with E-state index in [1.54, 1.807) is 7.11 Å². The van der Waals surface area contributed by atoms with Crippen molar-refractivity contribution in [1.29, 1.82) is 0 Å². The highest BCUT2D eigenvalue weighted by Gasteiger charge is 2.20. The van der Waals surface area contributed by atoms with Gasteiger partial charge >= 0.3 is 0 Å². The number of halogens is 1. The molecule has 0 fully saturated rings. The molecule has 0 amide bonds. The third-order valence-electron chi connectivity index (χ3n) is 3.60. The van der Waals surface area contributed by atoms with Crippen molar-refractivity contribution in [3.05, 3.63) is 17.0 Å². The molecular formula is C16H29ClN2O2. The smallest absolute Gasteiger partial charge is 0.0671 e. The van der Waals surface area contributed by atoms with Gasteiger partial charge in [-0.3, -0.25) is 4.68 Å². The molecule has 1 heterocycles. The van der Waals surface area contributed by atoms with Gasteiger partial charge in [-0.05, 0) is 25.7 Å². The van der Waals surface area contributed by atoms with Crippen LogP contribution in [0.15, 0.2) is 0 Å². The van der Waals surface area contributed by atoms with E-state index < -0.39 is 0 Å². The predicted octanol–water partition coefficient (Wildman–Crippen LogP) is 3.75. The second-order valence-corrected chi connectivity index (χ2v) is 5.60. The van der Waals surface area contributed by atoms with E-state index in [1.807, 2.05) is 0 Å². The van der Waals surface area contributed by atoms with Gasteiger partial charge in [0.05, 0.1) is 24.2 Å². The lowest BCUT2D eigenvalue weighted by Crippen LogP contribution is -2.12. The van der Waals surface area contributed by atoms with Crippen molar-refractivity contribution in [2.24, 2.45) is 0 Å². The molecule has 0 aromatic carbocycles. The van der Waals surface area contributed by atoms with Crippen molar-refractivity contribution in [1.82, 2.24) is 9.78 Å². The van der Waals surface area contributed by atoms with E-state index in [1.165, 1.54) is 11.3 Å². The summed E-state index contributed by atoms with van der Waals surface area (Å²) in [7, 11) is 1.71. The van der Waals surface area contributed by atoms with Gasteiger partial charge < -0.3 is 9.47 Å². The van der Waals surface area contributed by atoms with Crippen LogP contribution in [0.4, 0.5) is 0 Å². The maximum atomic E-state index is 6.49. The Balaban J connectivity index is 2.67. The molecule has 0 spiro atoms. The molecule has 0 aliphatic heterocycles. The van der Waals surface area contributed by atoms with Gasteiger partial charge in [0.2, 0.25) is 0 Å². The minimum Gasteiger partial charge on any atom is -0.385 e. The first kappa shape index (κ1) is 18.5. The Morgan fingerprint density at radius 2 is 1.90 bits per heavy atom. The van der Waals surface area contributed by atoms with Crippen LogP contribution < -0.4 is 0 Å². The Labute approximate surface area is 133 Å². The number of aryl methyl sites for hydroxylation is 1. The molecule has 0 radical (unpaired) electrons. The van der Waals surface area contributed by atoms with Gasteiger partial charge in [0.15, 0.2) is 0 Å². The number of hydrogen-bond donors (Lipinski definition) is 0. The van der Waals surface area contributed by atoms with Crippen LogP contribution in [0.3, 0.4) is 0 Å². The number of hydrogen-bond acceptors (Lipinski definition) is 3. The van der Waals surface area contributed by atoms with E-state index in [9.17, 15) is 0 Å². The van der Waals surface area contributed by atoms with Crippen LogP contribution >= 0.6 is 11.6 Å². The highest BCUT2D eigenvalue weighted by molar-refractivity contribution is 6.20. The Bertz CT molecular complexity index is 407. The molecule has 0 aliphatic rings. The summed E-state index contributed by atoms with van der Waals surface area (Å²) >= 11 is 6.49. The molecule has 1 unspecified atom stereocenters. The lowest BCUT2D eigenvalue weighted by Gasteiger charge is -2.11. The minimum atomic E-state index is 0.0614. The summed E-state index contributed by atoms with van der Waals surface area (Å²) in [5.74, 6) is 0. The topological polar surface area (TPSA) is 36.3 Å². The normalized spacial score (nSPS) is 12.8. The van der Waals surface area contributed by atoms with Gasteiger partial charge in [-0.1, -0.05) is 20.8 Å². The first-order chi connectivity index (χ1) is 10.2. The molecule has 0 saturated heterocycles. The number of aromatic nitrogens is 2. The first-order valence-corrected chi connectivity index (χ1v) is 8.42. The van der Waals surface area contributed by atoms with Crippen molar-refractivity contribution in [3.8, 4) is 0 Å². The Morgan fingerprint density at radius 1 is 1.14 bits per heavy atom. The van der Waals surface area contributed by atoms with E-state index in [4.69, 9.17) is 26.2 Å². The van der Waals surface area contributed by atoms with Crippen molar-refractivity contribution in [2.45, 2.75) is 58.4 Å². The summed E-state index contributed by atoms with van der Waals surface area (Å²) in [4.78, 5) is 0. The number of methoxy groups -OCH3 is 1.